The second-order valence-corrected chi connectivity index (χ2v) is 6.54. The van der Waals surface area contributed by atoms with E-state index in [-0.39, 0.29) is 19.1 Å². The van der Waals surface area contributed by atoms with E-state index in [1.165, 1.54) is 11.1 Å². The van der Waals surface area contributed by atoms with Gasteiger partial charge in [0, 0.05) is 19.6 Å². The molecule has 23 heavy (non-hydrogen) atoms. The highest BCUT2D eigenvalue weighted by Gasteiger charge is 2.45. The topological polar surface area (TPSA) is 60.9 Å². The van der Waals surface area contributed by atoms with Crippen LogP contribution in [0.2, 0.25) is 0 Å². The van der Waals surface area contributed by atoms with E-state index in [0.717, 1.165) is 22.8 Å². The lowest BCUT2D eigenvalue weighted by Gasteiger charge is -2.31. The van der Waals surface area contributed by atoms with Crippen molar-refractivity contribution in [1.29, 1.82) is 0 Å². The number of benzene rings is 1. The maximum atomic E-state index is 12.4. The average Bonchev–Trinajstić information content (AvgIpc) is 2.72. The first kappa shape index (κ1) is 15.7. The van der Waals surface area contributed by atoms with Gasteiger partial charge in [-0.1, -0.05) is 38.1 Å². The van der Waals surface area contributed by atoms with Gasteiger partial charge in [-0.2, -0.15) is 0 Å². The Morgan fingerprint density at radius 1 is 1.00 bits per heavy atom. The zero-order chi connectivity index (χ0) is 16.6. The molecule has 0 atom stereocenters. The van der Waals surface area contributed by atoms with Gasteiger partial charge in [0.25, 0.3) is 0 Å². The fraction of sp³-hybridized carbons (Fsp3) is 0.471. The summed E-state index contributed by atoms with van der Waals surface area (Å²) in [6.07, 6.45) is 0.885. The van der Waals surface area contributed by atoms with Crippen LogP contribution in [0.4, 0.5) is 4.79 Å². The maximum absolute atomic E-state index is 12.4. The molecule has 4 amide bonds. The molecular formula is C17H21N3O3. The number of imide groups is 2. The summed E-state index contributed by atoms with van der Waals surface area (Å²) in [7, 11) is 0. The van der Waals surface area contributed by atoms with E-state index < -0.39 is 17.8 Å². The molecule has 0 saturated carbocycles. The summed E-state index contributed by atoms with van der Waals surface area (Å²) >= 11 is 0. The number of carbonyl (C=O) groups excluding carboxylic acids is 3. The highest BCUT2D eigenvalue weighted by atomic mass is 16.2. The van der Waals surface area contributed by atoms with E-state index in [4.69, 9.17) is 0 Å². The number of hydrogen-bond acceptors (Lipinski definition) is 4. The molecule has 0 unspecified atom stereocenters. The molecular weight excluding hydrogens is 294 g/mol. The van der Waals surface area contributed by atoms with Gasteiger partial charge in [-0.3, -0.25) is 19.4 Å². The quantitative estimate of drug-likeness (QED) is 0.623. The molecule has 2 heterocycles. The zero-order valence-corrected chi connectivity index (χ0v) is 13.5. The van der Waals surface area contributed by atoms with Crippen molar-refractivity contribution in [2.24, 2.45) is 5.92 Å². The van der Waals surface area contributed by atoms with Crippen LogP contribution in [0.5, 0.6) is 0 Å². The molecule has 6 heteroatoms. The second kappa shape index (κ2) is 6.12. The minimum atomic E-state index is -0.713. The summed E-state index contributed by atoms with van der Waals surface area (Å²) in [5, 5.41) is 0. The number of carbonyl (C=O) groups is 3. The van der Waals surface area contributed by atoms with Crippen LogP contribution in [0, 0.1) is 5.92 Å². The second-order valence-electron chi connectivity index (χ2n) is 6.54. The van der Waals surface area contributed by atoms with E-state index in [2.05, 4.69) is 12.1 Å². The Morgan fingerprint density at radius 2 is 1.65 bits per heavy atom. The fourth-order valence-corrected chi connectivity index (χ4v) is 3.08. The summed E-state index contributed by atoms with van der Waals surface area (Å²) in [5.74, 6) is -1.28. The molecule has 0 spiro atoms. The first-order chi connectivity index (χ1) is 11.0. The zero-order valence-electron chi connectivity index (χ0n) is 13.5. The third kappa shape index (κ3) is 2.99. The van der Waals surface area contributed by atoms with Crippen LogP contribution in [0.25, 0.3) is 0 Å². The smallest absolute Gasteiger partial charge is 0.281 e. The molecule has 0 aromatic heterocycles. The molecule has 0 N–H and O–H groups in total. The van der Waals surface area contributed by atoms with Gasteiger partial charge in [-0.25, -0.2) is 9.69 Å². The molecule has 122 valence electrons. The molecule has 6 nitrogen and oxygen atoms in total. The van der Waals surface area contributed by atoms with E-state index in [1.807, 2.05) is 30.9 Å². The van der Waals surface area contributed by atoms with Gasteiger partial charge in [-0.05, 0) is 23.5 Å². The summed E-state index contributed by atoms with van der Waals surface area (Å²) < 4.78 is 0. The summed E-state index contributed by atoms with van der Waals surface area (Å²) in [5.41, 5.74) is 2.52. The summed E-state index contributed by atoms with van der Waals surface area (Å²) in [6.45, 7) is 5.73. The minimum Gasteiger partial charge on any atom is -0.281 e. The lowest BCUT2D eigenvalue weighted by atomic mass is 10.0. The lowest BCUT2D eigenvalue weighted by Crippen LogP contribution is -2.44. The number of nitrogens with zero attached hydrogens (tertiary/aromatic N) is 3. The van der Waals surface area contributed by atoms with E-state index in [1.54, 1.807) is 0 Å². The van der Waals surface area contributed by atoms with Crippen molar-refractivity contribution in [3.05, 3.63) is 35.4 Å². The summed E-state index contributed by atoms with van der Waals surface area (Å²) in [6, 6.07) is 7.68. The molecule has 1 aromatic carbocycles. The van der Waals surface area contributed by atoms with Crippen LogP contribution in [0.15, 0.2) is 24.3 Å². The van der Waals surface area contributed by atoms with E-state index >= 15 is 0 Å². The van der Waals surface area contributed by atoms with Crippen LogP contribution in [-0.4, -0.2) is 52.3 Å². The molecule has 1 saturated heterocycles. The first-order valence-corrected chi connectivity index (χ1v) is 7.94. The van der Waals surface area contributed by atoms with Gasteiger partial charge in [0.05, 0.1) is 6.67 Å². The predicted molar refractivity (Wildman–Crippen MR) is 84.2 cm³/mol. The Bertz CT molecular complexity index is 656. The molecule has 2 aliphatic heterocycles. The number of hydrogen-bond donors (Lipinski definition) is 0. The number of urea groups is 1. The van der Waals surface area contributed by atoms with Crippen LogP contribution in [-0.2, 0) is 22.6 Å². The summed E-state index contributed by atoms with van der Waals surface area (Å²) in [4.78, 5) is 40.6. The monoisotopic (exact) mass is 315 g/mol. The molecule has 0 radical (unpaired) electrons. The predicted octanol–water partition coefficient (Wildman–Crippen LogP) is 1.45. The maximum Gasteiger partial charge on any atom is 0.335 e. The number of amides is 4. The Hall–Kier alpha value is -2.21. The van der Waals surface area contributed by atoms with Crippen molar-refractivity contribution < 1.29 is 14.4 Å². The average molecular weight is 315 g/mol. The van der Waals surface area contributed by atoms with Gasteiger partial charge in [-0.15, -0.1) is 0 Å². The Labute approximate surface area is 135 Å². The first-order valence-electron chi connectivity index (χ1n) is 7.94. The third-order valence-corrected chi connectivity index (χ3v) is 4.23. The van der Waals surface area contributed by atoms with Gasteiger partial charge in [0.2, 0.25) is 0 Å². The van der Waals surface area contributed by atoms with Crippen LogP contribution in [0.3, 0.4) is 0 Å². The van der Waals surface area contributed by atoms with Gasteiger partial charge >= 0.3 is 17.8 Å². The van der Waals surface area contributed by atoms with Crippen LogP contribution in [0.1, 0.15) is 25.0 Å². The van der Waals surface area contributed by atoms with Crippen LogP contribution < -0.4 is 0 Å². The van der Waals surface area contributed by atoms with Crippen molar-refractivity contribution in [1.82, 2.24) is 14.7 Å². The van der Waals surface area contributed by atoms with Gasteiger partial charge < -0.3 is 0 Å². The van der Waals surface area contributed by atoms with Crippen molar-refractivity contribution in [3.63, 3.8) is 0 Å². The van der Waals surface area contributed by atoms with Gasteiger partial charge in [0.15, 0.2) is 0 Å². The van der Waals surface area contributed by atoms with Crippen molar-refractivity contribution in [2.75, 3.05) is 19.8 Å². The van der Waals surface area contributed by atoms with Crippen molar-refractivity contribution in [2.45, 2.75) is 26.8 Å². The molecule has 0 aliphatic carbocycles. The molecule has 2 aliphatic rings. The molecule has 1 fully saturated rings. The Balaban J connectivity index is 1.70. The van der Waals surface area contributed by atoms with Gasteiger partial charge in [0.1, 0.15) is 0 Å². The molecule has 0 bridgehead atoms. The fourth-order valence-electron chi connectivity index (χ4n) is 3.08. The van der Waals surface area contributed by atoms with E-state index in [0.29, 0.717) is 6.54 Å². The standard InChI is InChI=1S/C17H21N3O3/c1-12(2)9-19-15(21)16(22)20(17(19)23)11-18-8-7-13-5-3-4-6-14(13)10-18/h3-6,12H,7-11H2,1-2H3. The normalized spacial score (nSPS) is 19.0. The van der Waals surface area contributed by atoms with Crippen LogP contribution >= 0.6 is 0 Å². The molecule has 3 rings (SSSR count). The lowest BCUT2D eigenvalue weighted by molar-refractivity contribution is -0.144. The van der Waals surface area contributed by atoms with Crippen molar-refractivity contribution >= 4 is 17.8 Å². The third-order valence-electron chi connectivity index (χ3n) is 4.23. The van der Waals surface area contributed by atoms with E-state index in [9.17, 15) is 14.4 Å². The van der Waals surface area contributed by atoms with Crippen molar-refractivity contribution in [3.8, 4) is 0 Å². The Morgan fingerprint density at radius 3 is 2.35 bits per heavy atom. The minimum absolute atomic E-state index is 0.137. The number of rotatable bonds is 4. The highest BCUT2D eigenvalue weighted by molar-refractivity contribution is 6.44. The molecule has 1 aromatic rings. The SMILES string of the molecule is CC(C)CN1C(=O)C(=O)N(CN2CCc3ccccc3C2)C1=O. The Kier molecular flexibility index (Phi) is 4.17. The highest BCUT2D eigenvalue weighted by Crippen LogP contribution is 2.21. The number of fused-ring (bicyclic) bond motifs is 1. The largest absolute Gasteiger partial charge is 0.335 e.